The smallest absolute Gasteiger partial charge is 0.251 e. The van der Waals surface area contributed by atoms with E-state index in [0.717, 1.165) is 40.0 Å². The molecule has 3 aromatic carbocycles. The molecule has 1 aromatic heterocycles. The molecular weight excluding hydrogens is 462 g/mol. The van der Waals surface area contributed by atoms with Gasteiger partial charge in [-0.3, -0.25) is 9.59 Å². The lowest BCUT2D eigenvalue weighted by Crippen LogP contribution is -2.29. The Morgan fingerprint density at radius 2 is 1.54 bits per heavy atom. The molecule has 0 fully saturated rings. The van der Waals surface area contributed by atoms with Crippen molar-refractivity contribution in [1.82, 2.24) is 10.6 Å². The van der Waals surface area contributed by atoms with Gasteiger partial charge in [0, 0.05) is 30.3 Å². The van der Waals surface area contributed by atoms with Crippen LogP contribution in [0.15, 0.2) is 97.3 Å². The molecule has 0 atom stereocenters. The molecule has 0 aliphatic heterocycles. The second kappa shape index (κ2) is 12.5. The summed E-state index contributed by atoms with van der Waals surface area (Å²) in [5.74, 6) is 0.574. The highest BCUT2D eigenvalue weighted by Crippen LogP contribution is 2.27. The van der Waals surface area contributed by atoms with E-state index < -0.39 is 0 Å². The fraction of sp³-hybridized carbons (Fsp3) is 0.194. The molecule has 1 heterocycles. The van der Waals surface area contributed by atoms with Crippen molar-refractivity contribution in [1.29, 1.82) is 0 Å². The Morgan fingerprint density at radius 3 is 2.30 bits per heavy atom. The van der Waals surface area contributed by atoms with Crippen LogP contribution in [0.5, 0.6) is 5.75 Å². The summed E-state index contributed by atoms with van der Waals surface area (Å²) in [6.45, 7) is 0.909. The summed E-state index contributed by atoms with van der Waals surface area (Å²) < 4.78 is 7.18. The van der Waals surface area contributed by atoms with Gasteiger partial charge in [-0.1, -0.05) is 54.6 Å². The maximum absolute atomic E-state index is 13.1. The molecule has 4 rings (SSSR count). The number of hydrogen-bond acceptors (Lipinski definition) is 3. The van der Waals surface area contributed by atoms with Crippen molar-refractivity contribution in [2.45, 2.75) is 19.4 Å². The number of carbonyl (C=O) groups excluding carboxylic acids is 2. The second-order valence-electron chi connectivity index (χ2n) is 8.89. The number of ether oxygens (including phenoxy) is 1. The first kappa shape index (κ1) is 25.6. The molecule has 0 saturated heterocycles. The summed E-state index contributed by atoms with van der Waals surface area (Å²) >= 11 is 0. The summed E-state index contributed by atoms with van der Waals surface area (Å²) in [6.07, 6.45) is 5.07. The van der Waals surface area contributed by atoms with Crippen molar-refractivity contribution < 1.29 is 18.9 Å². The molecule has 4 aromatic rings. The number of pyridine rings is 1. The van der Waals surface area contributed by atoms with Crippen LogP contribution in [0.1, 0.15) is 27.0 Å². The summed E-state index contributed by atoms with van der Waals surface area (Å²) in [5, 5.41) is 6.07. The first-order chi connectivity index (χ1) is 18.0. The van der Waals surface area contributed by atoms with E-state index in [1.807, 2.05) is 96.7 Å². The van der Waals surface area contributed by atoms with Gasteiger partial charge in [0.15, 0.2) is 12.4 Å². The van der Waals surface area contributed by atoms with Crippen LogP contribution < -0.4 is 19.9 Å². The monoisotopic (exact) mass is 494 g/mol. The molecule has 6 nitrogen and oxygen atoms in total. The first-order valence-corrected chi connectivity index (χ1v) is 12.3. The third-order valence-electron chi connectivity index (χ3n) is 6.18. The SMILES string of the molecule is COc1ccc(CC(=O)NCc2ccccc2-c2ccccc2C(=O)NCCc2ccc[n+](C)c2)cc1. The third kappa shape index (κ3) is 7.04. The van der Waals surface area contributed by atoms with Crippen LogP contribution >= 0.6 is 0 Å². The van der Waals surface area contributed by atoms with Gasteiger partial charge in [0.1, 0.15) is 12.8 Å². The van der Waals surface area contributed by atoms with Crippen molar-refractivity contribution in [3.8, 4) is 16.9 Å². The Kier molecular flexibility index (Phi) is 8.66. The predicted octanol–water partition coefficient (Wildman–Crippen LogP) is 4.02. The van der Waals surface area contributed by atoms with Gasteiger partial charge < -0.3 is 15.4 Å². The zero-order valence-corrected chi connectivity index (χ0v) is 21.2. The summed E-state index contributed by atoms with van der Waals surface area (Å²) in [6, 6.07) is 27.0. The highest BCUT2D eigenvalue weighted by atomic mass is 16.5. The number of nitrogens with zero attached hydrogens (tertiary/aromatic N) is 1. The highest BCUT2D eigenvalue weighted by molar-refractivity contribution is 6.01. The van der Waals surface area contributed by atoms with Crippen LogP contribution in [0.3, 0.4) is 0 Å². The Bertz CT molecular complexity index is 1370. The van der Waals surface area contributed by atoms with E-state index in [1.165, 1.54) is 0 Å². The minimum absolute atomic E-state index is 0.0692. The fourth-order valence-corrected chi connectivity index (χ4v) is 4.25. The molecule has 0 bridgehead atoms. The van der Waals surface area contributed by atoms with E-state index in [2.05, 4.69) is 22.9 Å². The van der Waals surface area contributed by atoms with Crippen molar-refractivity contribution in [3.05, 3.63) is 120 Å². The molecule has 37 heavy (non-hydrogen) atoms. The average molecular weight is 495 g/mol. The lowest BCUT2D eigenvalue weighted by molar-refractivity contribution is -0.671. The second-order valence-corrected chi connectivity index (χ2v) is 8.89. The minimum Gasteiger partial charge on any atom is -0.497 e. The lowest BCUT2D eigenvalue weighted by Gasteiger charge is -2.15. The molecule has 0 unspecified atom stereocenters. The van der Waals surface area contributed by atoms with Crippen molar-refractivity contribution >= 4 is 11.8 Å². The zero-order chi connectivity index (χ0) is 26.0. The van der Waals surface area contributed by atoms with Crippen LogP contribution in [0.2, 0.25) is 0 Å². The maximum Gasteiger partial charge on any atom is 0.251 e. The highest BCUT2D eigenvalue weighted by Gasteiger charge is 2.15. The van der Waals surface area contributed by atoms with Crippen molar-refractivity contribution in [3.63, 3.8) is 0 Å². The van der Waals surface area contributed by atoms with Crippen LogP contribution in [0, 0.1) is 0 Å². The number of methoxy groups -OCH3 is 1. The van der Waals surface area contributed by atoms with Gasteiger partial charge in [0.25, 0.3) is 5.91 Å². The number of amides is 2. The standard InChI is InChI=1S/C31H31N3O3/c1-34-19-7-8-24(22-34)17-18-32-31(36)29-12-6-5-11-28(29)27-10-4-3-9-25(27)21-33-30(35)20-23-13-15-26(37-2)16-14-23/h3-16,19,22H,17-18,20-21H2,1-2H3,(H-,32,33,35,36)/p+1. The summed E-state index contributed by atoms with van der Waals surface area (Å²) in [4.78, 5) is 25.7. The van der Waals surface area contributed by atoms with Crippen molar-refractivity contribution in [2.24, 2.45) is 7.05 Å². The van der Waals surface area contributed by atoms with Gasteiger partial charge in [-0.05, 0) is 52.9 Å². The van der Waals surface area contributed by atoms with E-state index in [0.29, 0.717) is 18.7 Å². The fourth-order valence-electron chi connectivity index (χ4n) is 4.25. The Balaban J connectivity index is 1.42. The molecule has 0 aliphatic rings. The van der Waals surface area contributed by atoms with E-state index >= 15 is 0 Å². The molecule has 0 saturated carbocycles. The van der Waals surface area contributed by atoms with Gasteiger partial charge in [-0.25, -0.2) is 4.57 Å². The molecule has 188 valence electrons. The predicted molar refractivity (Wildman–Crippen MR) is 144 cm³/mol. The van der Waals surface area contributed by atoms with Crippen LogP contribution in [0.25, 0.3) is 11.1 Å². The van der Waals surface area contributed by atoms with Gasteiger partial charge in [-0.2, -0.15) is 0 Å². The van der Waals surface area contributed by atoms with E-state index in [9.17, 15) is 9.59 Å². The number of aromatic nitrogens is 1. The lowest BCUT2D eigenvalue weighted by atomic mass is 9.95. The largest absolute Gasteiger partial charge is 0.497 e. The summed E-state index contributed by atoms with van der Waals surface area (Å²) in [7, 11) is 3.60. The van der Waals surface area contributed by atoms with Crippen molar-refractivity contribution in [2.75, 3.05) is 13.7 Å². The minimum atomic E-state index is -0.116. The molecule has 0 radical (unpaired) electrons. The molecule has 0 spiro atoms. The zero-order valence-electron chi connectivity index (χ0n) is 21.2. The Labute approximate surface area is 217 Å². The molecule has 2 amide bonds. The molecular formula is C31H32N3O3+. The third-order valence-corrected chi connectivity index (χ3v) is 6.18. The topological polar surface area (TPSA) is 71.3 Å². The van der Waals surface area contributed by atoms with Crippen LogP contribution in [-0.4, -0.2) is 25.5 Å². The molecule has 0 aliphatic carbocycles. The Morgan fingerprint density at radius 1 is 0.811 bits per heavy atom. The normalized spacial score (nSPS) is 10.5. The van der Waals surface area contributed by atoms with Gasteiger partial charge in [-0.15, -0.1) is 0 Å². The van der Waals surface area contributed by atoms with Crippen LogP contribution in [-0.2, 0) is 31.2 Å². The summed E-state index contributed by atoms with van der Waals surface area (Å²) in [5.41, 5.74) is 5.40. The number of aryl methyl sites for hydroxylation is 1. The van der Waals surface area contributed by atoms with Gasteiger partial charge in [0.2, 0.25) is 5.91 Å². The number of carbonyl (C=O) groups is 2. The van der Waals surface area contributed by atoms with E-state index in [4.69, 9.17) is 4.74 Å². The number of benzene rings is 3. The first-order valence-electron chi connectivity index (χ1n) is 12.3. The average Bonchev–Trinajstić information content (AvgIpc) is 2.92. The van der Waals surface area contributed by atoms with Gasteiger partial charge in [0.05, 0.1) is 13.5 Å². The quantitative estimate of drug-likeness (QED) is 0.327. The van der Waals surface area contributed by atoms with Gasteiger partial charge >= 0.3 is 0 Å². The number of nitrogens with one attached hydrogen (secondary N) is 2. The Hall–Kier alpha value is -4.45. The van der Waals surface area contributed by atoms with E-state index in [-0.39, 0.29) is 18.2 Å². The maximum atomic E-state index is 13.1. The number of rotatable bonds is 10. The molecule has 2 N–H and O–H groups in total. The van der Waals surface area contributed by atoms with E-state index in [1.54, 1.807) is 7.11 Å². The molecule has 6 heteroatoms. The number of hydrogen-bond donors (Lipinski definition) is 2. The van der Waals surface area contributed by atoms with Crippen LogP contribution in [0.4, 0.5) is 0 Å².